The monoisotopic (exact) mass is 264 g/mol. The van der Waals surface area contributed by atoms with Crippen LogP contribution in [0.15, 0.2) is 0 Å². The Hall–Kier alpha value is -1.39. The topological polar surface area (TPSA) is 66.5 Å². The molecular weight excluding hydrogens is 244 g/mol. The molecule has 19 heavy (non-hydrogen) atoms. The van der Waals surface area contributed by atoms with Crippen molar-refractivity contribution in [3.63, 3.8) is 0 Å². The van der Waals surface area contributed by atoms with E-state index in [2.05, 4.69) is 5.32 Å². The molecule has 0 aromatic carbocycles. The normalized spacial score (nSPS) is 35.9. The fourth-order valence-corrected chi connectivity index (χ4v) is 4.09. The lowest BCUT2D eigenvalue weighted by Crippen LogP contribution is -2.41. The van der Waals surface area contributed by atoms with Gasteiger partial charge in [-0.25, -0.2) is 0 Å². The van der Waals surface area contributed by atoms with E-state index in [1.54, 1.807) is 0 Å². The predicted molar refractivity (Wildman–Crippen MR) is 67.8 cm³/mol. The van der Waals surface area contributed by atoms with Crippen LogP contribution in [0.1, 0.15) is 32.6 Å². The molecule has 2 saturated carbocycles. The third-order valence-corrected chi connectivity index (χ3v) is 4.89. The van der Waals surface area contributed by atoms with Crippen LogP contribution in [0, 0.1) is 23.7 Å². The Bertz CT molecular complexity index is 406. The lowest BCUT2D eigenvalue weighted by atomic mass is 9.81. The van der Waals surface area contributed by atoms with Crippen molar-refractivity contribution in [1.82, 2.24) is 10.2 Å². The summed E-state index contributed by atoms with van der Waals surface area (Å²) in [5, 5.41) is 2.72. The molecule has 0 radical (unpaired) electrons. The Morgan fingerprint density at radius 3 is 2.32 bits per heavy atom. The number of imide groups is 1. The molecule has 0 aromatic heterocycles. The molecule has 3 rings (SSSR count). The number of hydrogen-bond acceptors (Lipinski definition) is 3. The number of fused-ring (bicyclic) bond motifs is 5. The van der Waals surface area contributed by atoms with Crippen molar-refractivity contribution in [1.29, 1.82) is 0 Å². The summed E-state index contributed by atoms with van der Waals surface area (Å²) in [5.74, 6) is 0.0966. The van der Waals surface area contributed by atoms with Crippen molar-refractivity contribution >= 4 is 17.7 Å². The number of nitrogens with zero attached hydrogens (tertiary/aromatic N) is 1. The van der Waals surface area contributed by atoms with Gasteiger partial charge in [0.05, 0.1) is 11.8 Å². The quantitative estimate of drug-likeness (QED) is 0.754. The van der Waals surface area contributed by atoms with Gasteiger partial charge in [-0.15, -0.1) is 0 Å². The van der Waals surface area contributed by atoms with Gasteiger partial charge in [0, 0.05) is 6.54 Å². The van der Waals surface area contributed by atoms with E-state index in [-0.39, 0.29) is 36.1 Å². The van der Waals surface area contributed by atoms with Crippen LogP contribution in [0.5, 0.6) is 0 Å². The summed E-state index contributed by atoms with van der Waals surface area (Å²) >= 11 is 0. The van der Waals surface area contributed by atoms with Crippen molar-refractivity contribution in [2.24, 2.45) is 23.7 Å². The minimum atomic E-state index is -0.226. The molecule has 104 valence electrons. The molecule has 3 aliphatic rings. The van der Waals surface area contributed by atoms with Gasteiger partial charge in [0.15, 0.2) is 0 Å². The molecule has 2 bridgehead atoms. The first kappa shape index (κ1) is 12.6. The maximum Gasteiger partial charge on any atom is 0.240 e. The molecule has 4 atom stereocenters. The molecule has 1 heterocycles. The average molecular weight is 264 g/mol. The lowest BCUT2D eigenvalue weighted by Gasteiger charge is -2.19. The Labute approximate surface area is 112 Å². The van der Waals surface area contributed by atoms with Gasteiger partial charge in [-0.1, -0.05) is 6.92 Å². The van der Waals surface area contributed by atoms with Gasteiger partial charge in [0.2, 0.25) is 17.7 Å². The summed E-state index contributed by atoms with van der Waals surface area (Å²) < 4.78 is 0. The molecule has 4 unspecified atom stereocenters. The molecule has 5 heteroatoms. The molecule has 0 aromatic rings. The smallest absolute Gasteiger partial charge is 0.240 e. The van der Waals surface area contributed by atoms with Gasteiger partial charge in [-0.2, -0.15) is 0 Å². The van der Waals surface area contributed by atoms with Crippen molar-refractivity contribution in [3.8, 4) is 0 Å². The zero-order chi connectivity index (χ0) is 13.6. The number of carbonyl (C=O) groups excluding carboxylic acids is 3. The highest BCUT2D eigenvalue weighted by Crippen LogP contribution is 2.55. The summed E-state index contributed by atoms with van der Waals surface area (Å²) in [6.45, 7) is 2.46. The summed E-state index contributed by atoms with van der Waals surface area (Å²) in [7, 11) is 0. The van der Waals surface area contributed by atoms with Crippen molar-refractivity contribution < 1.29 is 14.4 Å². The van der Waals surface area contributed by atoms with Crippen LogP contribution in [-0.2, 0) is 14.4 Å². The molecule has 0 spiro atoms. The Morgan fingerprint density at radius 2 is 1.79 bits per heavy atom. The van der Waals surface area contributed by atoms with Gasteiger partial charge in [0.25, 0.3) is 0 Å². The van der Waals surface area contributed by atoms with Crippen LogP contribution in [0.4, 0.5) is 0 Å². The summed E-state index contributed by atoms with van der Waals surface area (Å²) in [6.07, 6.45) is 4.02. The standard InChI is InChI=1S/C14H20N2O3/c1-2-5-15-10(17)7-16-13(18)11-8-3-4-9(6-8)12(11)14(16)19/h8-9,11-12H,2-7H2,1H3,(H,15,17). The fraction of sp³-hybridized carbons (Fsp3) is 0.786. The van der Waals surface area contributed by atoms with Crippen molar-refractivity contribution in [2.45, 2.75) is 32.6 Å². The van der Waals surface area contributed by atoms with E-state index in [0.29, 0.717) is 18.4 Å². The van der Waals surface area contributed by atoms with Crippen LogP contribution < -0.4 is 5.32 Å². The fourth-order valence-electron chi connectivity index (χ4n) is 4.09. The number of nitrogens with one attached hydrogen (secondary N) is 1. The van der Waals surface area contributed by atoms with Crippen LogP contribution in [0.3, 0.4) is 0 Å². The van der Waals surface area contributed by atoms with Gasteiger partial charge >= 0.3 is 0 Å². The molecule has 3 amide bonds. The van der Waals surface area contributed by atoms with E-state index in [1.807, 2.05) is 6.92 Å². The van der Waals surface area contributed by atoms with Gasteiger partial charge in [0.1, 0.15) is 6.54 Å². The molecule has 1 saturated heterocycles. The number of carbonyl (C=O) groups is 3. The van der Waals surface area contributed by atoms with Gasteiger partial charge < -0.3 is 5.32 Å². The maximum absolute atomic E-state index is 12.3. The van der Waals surface area contributed by atoms with E-state index in [9.17, 15) is 14.4 Å². The second kappa shape index (κ2) is 4.62. The van der Waals surface area contributed by atoms with E-state index in [1.165, 1.54) is 4.90 Å². The molecule has 3 fully saturated rings. The van der Waals surface area contributed by atoms with E-state index in [0.717, 1.165) is 25.7 Å². The first-order valence-electron chi connectivity index (χ1n) is 7.25. The van der Waals surface area contributed by atoms with E-state index < -0.39 is 0 Å². The molecule has 2 aliphatic carbocycles. The van der Waals surface area contributed by atoms with Gasteiger partial charge in [-0.3, -0.25) is 19.3 Å². The van der Waals surface area contributed by atoms with Crippen molar-refractivity contribution in [3.05, 3.63) is 0 Å². The Kier molecular flexibility index (Phi) is 3.07. The third-order valence-electron chi connectivity index (χ3n) is 4.89. The number of hydrogen-bond donors (Lipinski definition) is 1. The SMILES string of the molecule is CCCNC(=O)CN1C(=O)C2C3CCC(C3)C2C1=O. The van der Waals surface area contributed by atoms with Crippen LogP contribution in [-0.4, -0.2) is 35.7 Å². The van der Waals surface area contributed by atoms with Crippen LogP contribution in [0.25, 0.3) is 0 Å². The average Bonchev–Trinajstić information content (AvgIpc) is 3.06. The number of likely N-dealkylation sites (tertiary alicyclic amines) is 1. The van der Waals surface area contributed by atoms with E-state index in [4.69, 9.17) is 0 Å². The summed E-state index contributed by atoms with van der Waals surface area (Å²) in [4.78, 5) is 37.5. The molecule has 1 aliphatic heterocycles. The van der Waals surface area contributed by atoms with Crippen LogP contribution >= 0.6 is 0 Å². The second-order valence-electron chi connectivity index (χ2n) is 6.00. The Morgan fingerprint density at radius 1 is 1.21 bits per heavy atom. The molecular formula is C14H20N2O3. The molecule has 1 N–H and O–H groups in total. The first-order chi connectivity index (χ1) is 9.13. The zero-order valence-corrected chi connectivity index (χ0v) is 11.2. The molecule has 5 nitrogen and oxygen atoms in total. The Balaban J connectivity index is 1.69. The minimum absolute atomic E-state index is 0.0931. The lowest BCUT2D eigenvalue weighted by molar-refractivity contribution is -0.144. The minimum Gasteiger partial charge on any atom is -0.355 e. The second-order valence-corrected chi connectivity index (χ2v) is 6.00. The third kappa shape index (κ3) is 1.86. The zero-order valence-electron chi connectivity index (χ0n) is 11.2. The maximum atomic E-state index is 12.3. The summed E-state index contributed by atoms with van der Waals surface area (Å²) in [5.41, 5.74) is 0. The summed E-state index contributed by atoms with van der Waals surface area (Å²) in [6, 6.07) is 0. The first-order valence-corrected chi connectivity index (χ1v) is 7.25. The highest BCUT2D eigenvalue weighted by atomic mass is 16.2. The van der Waals surface area contributed by atoms with Crippen LogP contribution in [0.2, 0.25) is 0 Å². The van der Waals surface area contributed by atoms with Crippen molar-refractivity contribution in [2.75, 3.05) is 13.1 Å². The number of amides is 3. The predicted octanol–water partition coefficient (Wildman–Crippen LogP) is 0.544. The van der Waals surface area contributed by atoms with E-state index >= 15 is 0 Å². The van der Waals surface area contributed by atoms with Gasteiger partial charge in [-0.05, 0) is 37.5 Å². The highest BCUT2D eigenvalue weighted by Gasteiger charge is 2.60. The largest absolute Gasteiger partial charge is 0.355 e. The highest BCUT2D eigenvalue weighted by molar-refractivity contribution is 6.08. The number of rotatable bonds is 4.